The first-order valence-electron chi connectivity index (χ1n) is 8.25. The number of methoxy groups -OCH3 is 1. The van der Waals surface area contributed by atoms with Crippen molar-refractivity contribution >= 4 is 0 Å². The van der Waals surface area contributed by atoms with Crippen LogP contribution in [0.2, 0.25) is 0 Å². The molecule has 1 aliphatic rings. The minimum Gasteiger partial charge on any atom is -0.372 e. The lowest BCUT2D eigenvalue weighted by molar-refractivity contribution is -0.431. The Bertz CT molecular complexity index is 424. The zero-order valence-corrected chi connectivity index (χ0v) is 15.1. The normalized spacial score (nSPS) is 25.2. The van der Waals surface area contributed by atoms with Crippen LogP contribution in [-0.4, -0.2) is 58.0 Å². The standard InChI is InChI=1S/C19H30O6/c1-6-12-21-16-18(22-13-7-2)10-11-19(23-14-8-3,24-15-9-4)17(20-5)25-18/h6-9,17H,1-4,10-16H2,5H3. The summed E-state index contributed by atoms with van der Waals surface area (Å²) in [6, 6.07) is 0. The molecule has 1 heterocycles. The summed E-state index contributed by atoms with van der Waals surface area (Å²) in [5.41, 5.74) is 0. The Morgan fingerprint density at radius 3 is 1.96 bits per heavy atom. The van der Waals surface area contributed by atoms with Gasteiger partial charge in [-0.25, -0.2) is 0 Å². The average molecular weight is 354 g/mol. The zero-order valence-electron chi connectivity index (χ0n) is 15.1. The van der Waals surface area contributed by atoms with Crippen molar-refractivity contribution in [2.75, 3.05) is 40.1 Å². The van der Waals surface area contributed by atoms with Crippen LogP contribution in [0.3, 0.4) is 0 Å². The second kappa shape index (κ2) is 11.4. The Morgan fingerprint density at radius 1 is 0.880 bits per heavy atom. The van der Waals surface area contributed by atoms with E-state index < -0.39 is 17.9 Å². The largest absolute Gasteiger partial charge is 0.372 e. The molecule has 1 rings (SSSR count). The molecule has 0 bridgehead atoms. The van der Waals surface area contributed by atoms with Gasteiger partial charge in [-0.15, -0.1) is 26.3 Å². The van der Waals surface area contributed by atoms with Gasteiger partial charge in [-0.05, 0) is 0 Å². The van der Waals surface area contributed by atoms with Crippen molar-refractivity contribution < 1.29 is 28.4 Å². The Morgan fingerprint density at radius 2 is 1.44 bits per heavy atom. The summed E-state index contributed by atoms with van der Waals surface area (Å²) in [6.45, 7) is 16.2. The lowest BCUT2D eigenvalue weighted by Crippen LogP contribution is -2.60. The molecule has 25 heavy (non-hydrogen) atoms. The van der Waals surface area contributed by atoms with E-state index in [2.05, 4.69) is 26.3 Å². The minimum atomic E-state index is -1.07. The fourth-order valence-electron chi connectivity index (χ4n) is 2.54. The number of ether oxygens (including phenoxy) is 6. The van der Waals surface area contributed by atoms with Crippen molar-refractivity contribution in [1.29, 1.82) is 0 Å². The van der Waals surface area contributed by atoms with E-state index in [1.807, 2.05) is 0 Å². The summed E-state index contributed by atoms with van der Waals surface area (Å²) in [7, 11) is 1.53. The summed E-state index contributed by atoms with van der Waals surface area (Å²) < 4.78 is 34.8. The molecule has 0 spiro atoms. The predicted molar refractivity (Wildman–Crippen MR) is 96.0 cm³/mol. The van der Waals surface area contributed by atoms with Crippen LogP contribution in [0.5, 0.6) is 0 Å². The highest BCUT2D eigenvalue weighted by Crippen LogP contribution is 2.40. The van der Waals surface area contributed by atoms with E-state index in [9.17, 15) is 0 Å². The maximum Gasteiger partial charge on any atom is 0.221 e. The Hall–Kier alpha value is -1.28. The van der Waals surface area contributed by atoms with Crippen LogP contribution in [0.15, 0.2) is 50.6 Å². The summed E-state index contributed by atoms with van der Waals surface area (Å²) in [6.07, 6.45) is 6.80. The van der Waals surface area contributed by atoms with E-state index in [1.54, 1.807) is 24.3 Å². The van der Waals surface area contributed by atoms with E-state index in [0.717, 1.165) is 0 Å². The van der Waals surface area contributed by atoms with Crippen molar-refractivity contribution in [3.05, 3.63) is 50.6 Å². The molecule has 0 aromatic heterocycles. The molecule has 0 aliphatic carbocycles. The highest BCUT2D eigenvalue weighted by atomic mass is 16.8. The topological polar surface area (TPSA) is 55.4 Å². The highest BCUT2D eigenvalue weighted by molar-refractivity contribution is 4.90. The van der Waals surface area contributed by atoms with Gasteiger partial charge in [0.25, 0.3) is 0 Å². The van der Waals surface area contributed by atoms with Crippen LogP contribution in [0.1, 0.15) is 12.8 Å². The van der Waals surface area contributed by atoms with E-state index in [4.69, 9.17) is 28.4 Å². The van der Waals surface area contributed by atoms with Crippen molar-refractivity contribution in [3.63, 3.8) is 0 Å². The van der Waals surface area contributed by atoms with E-state index in [-0.39, 0.29) is 6.61 Å². The molecule has 0 saturated carbocycles. The first-order chi connectivity index (χ1) is 12.1. The molecule has 142 valence electrons. The summed E-state index contributed by atoms with van der Waals surface area (Å²) >= 11 is 0. The smallest absolute Gasteiger partial charge is 0.221 e. The lowest BCUT2D eigenvalue weighted by atomic mass is 9.99. The quantitative estimate of drug-likeness (QED) is 0.272. The predicted octanol–water partition coefficient (Wildman–Crippen LogP) is 2.97. The van der Waals surface area contributed by atoms with Crippen molar-refractivity contribution in [1.82, 2.24) is 0 Å². The first-order valence-corrected chi connectivity index (χ1v) is 8.25. The van der Waals surface area contributed by atoms with Gasteiger partial charge >= 0.3 is 0 Å². The van der Waals surface area contributed by atoms with Gasteiger partial charge in [0.15, 0.2) is 5.79 Å². The van der Waals surface area contributed by atoms with Gasteiger partial charge in [-0.2, -0.15) is 0 Å². The molecule has 2 unspecified atom stereocenters. The average Bonchev–Trinajstić information content (AvgIpc) is 2.64. The van der Waals surface area contributed by atoms with Crippen molar-refractivity contribution in [2.24, 2.45) is 0 Å². The third-order valence-corrected chi connectivity index (χ3v) is 3.66. The van der Waals surface area contributed by atoms with Crippen LogP contribution in [0.4, 0.5) is 0 Å². The number of hydrogen-bond acceptors (Lipinski definition) is 6. The van der Waals surface area contributed by atoms with Gasteiger partial charge in [-0.3, -0.25) is 0 Å². The van der Waals surface area contributed by atoms with Crippen LogP contribution in [0, 0.1) is 0 Å². The van der Waals surface area contributed by atoms with Gasteiger partial charge < -0.3 is 28.4 Å². The highest BCUT2D eigenvalue weighted by Gasteiger charge is 2.53. The SMILES string of the molecule is C=CCOCC1(OCC=C)CCC(OCC=C)(OCC=C)C(OC)O1. The lowest BCUT2D eigenvalue weighted by Gasteiger charge is -2.48. The Kier molecular flexibility index (Phi) is 9.89. The van der Waals surface area contributed by atoms with Crippen molar-refractivity contribution in [2.45, 2.75) is 30.7 Å². The maximum absolute atomic E-state index is 6.11. The fourth-order valence-corrected chi connectivity index (χ4v) is 2.54. The van der Waals surface area contributed by atoms with Gasteiger partial charge in [0.05, 0.1) is 26.4 Å². The molecule has 6 nitrogen and oxygen atoms in total. The van der Waals surface area contributed by atoms with E-state index in [1.165, 1.54) is 7.11 Å². The van der Waals surface area contributed by atoms with Gasteiger partial charge in [0.2, 0.25) is 12.1 Å². The minimum absolute atomic E-state index is 0.228. The molecule has 0 aromatic carbocycles. The molecule has 6 heteroatoms. The molecule has 0 amide bonds. The molecular weight excluding hydrogens is 324 g/mol. The Balaban J connectivity index is 2.96. The molecular formula is C19H30O6. The molecule has 0 aromatic rings. The third-order valence-electron chi connectivity index (χ3n) is 3.66. The van der Waals surface area contributed by atoms with E-state index in [0.29, 0.717) is 39.3 Å². The summed E-state index contributed by atoms with van der Waals surface area (Å²) in [4.78, 5) is 0. The molecule has 0 radical (unpaired) electrons. The van der Waals surface area contributed by atoms with Crippen LogP contribution in [-0.2, 0) is 28.4 Å². The second-order valence-electron chi connectivity index (χ2n) is 5.51. The van der Waals surface area contributed by atoms with Gasteiger partial charge in [0, 0.05) is 20.0 Å². The van der Waals surface area contributed by atoms with Gasteiger partial charge in [0.1, 0.15) is 6.61 Å². The van der Waals surface area contributed by atoms with Gasteiger partial charge in [-0.1, -0.05) is 24.3 Å². The number of hydrogen-bond donors (Lipinski definition) is 0. The van der Waals surface area contributed by atoms with Crippen LogP contribution in [0.25, 0.3) is 0 Å². The maximum atomic E-state index is 6.11. The zero-order chi connectivity index (χ0) is 18.6. The third kappa shape index (κ3) is 6.18. The molecule has 0 N–H and O–H groups in total. The van der Waals surface area contributed by atoms with E-state index >= 15 is 0 Å². The van der Waals surface area contributed by atoms with Crippen LogP contribution < -0.4 is 0 Å². The Labute approximate surface area is 150 Å². The van der Waals surface area contributed by atoms with Crippen LogP contribution >= 0.6 is 0 Å². The van der Waals surface area contributed by atoms with Crippen molar-refractivity contribution in [3.8, 4) is 0 Å². The monoisotopic (exact) mass is 354 g/mol. The number of rotatable bonds is 14. The first kappa shape index (κ1) is 21.8. The molecule has 1 saturated heterocycles. The fraction of sp³-hybridized carbons (Fsp3) is 0.579. The second-order valence-corrected chi connectivity index (χ2v) is 5.51. The molecule has 1 fully saturated rings. The summed E-state index contributed by atoms with van der Waals surface area (Å²) in [5.74, 6) is -2.05. The summed E-state index contributed by atoms with van der Waals surface area (Å²) in [5, 5.41) is 0. The molecule has 2 atom stereocenters. The molecule has 1 aliphatic heterocycles.